The van der Waals surface area contributed by atoms with Crippen LogP contribution in [0.4, 0.5) is 0 Å². The first-order chi connectivity index (χ1) is 7.58. The first kappa shape index (κ1) is 11.2. The molecule has 0 saturated heterocycles. The highest BCUT2D eigenvalue weighted by atomic mass is 32.2. The van der Waals surface area contributed by atoms with Crippen molar-refractivity contribution in [2.75, 3.05) is 13.7 Å². The summed E-state index contributed by atoms with van der Waals surface area (Å²) in [6.45, 7) is -0.0627. The Hall–Kier alpha value is -1.33. The normalized spacial score (nSPS) is 16.8. The van der Waals surface area contributed by atoms with Gasteiger partial charge in [-0.3, -0.25) is 0 Å². The maximum atomic E-state index is 11.8. The van der Waals surface area contributed by atoms with E-state index >= 15 is 0 Å². The third kappa shape index (κ3) is 1.72. The quantitative estimate of drug-likeness (QED) is 0.862. The molecule has 0 aliphatic carbocycles. The average Bonchev–Trinajstić information content (AvgIpc) is 2.51. The van der Waals surface area contributed by atoms with Gasteiger partial charge < -0.3 is 9.84 Å². The number of hydrogen-bond donors (Lipinski definition) is 1. The lowest BCUT2D eigenvalue weighted by molar-refractivity contribution is 0.305. The zero-order valence-electron chi connectivity index (χ0n) is 8.80. The molecule has 86 valence electrons. The second-order valence-electron chi connectivity index (χ2n) is 3.52. The first-order valence-corrected chi connectivity index (χ1v) is 6.38. The molecule has 0 atom stereocenters. The van der Waals surface area contributed by atoms with Gasteiger partial charge in [0.1, 0.15) is 5.75 Å². The molecule has 0 unspecified atom stereocenters. The number of methoxy groups -OCH3 is 1. The number of benzene rings is 1. The highest BCUT2D eigenvalue weighted by Gasteiger charge is 2.26. The molecule has 1 N–H and O–H groups in total. The summed E-state index contributed by atoms with van der Waals surface area (Å²) in [5, 5.41) is 10.1. The monoisotopic (exact) mass is 240 g/mol. The lowest BCUT2D eigenvalue weighted by Crippen LogP contribution is -1.94. The van der Waals surface area contributed by atoms with Gasteiger partial charge in [0.25, 0.3) is 0 Å². The zero-order valence-corrected chi connectivity index (χ0v) is 9.62. The van der Waals surface area contributed by atoms with E-state index in [1.54, 1.807) is 12.1 Å². The van der Waals surface area contributed by atoms with Gasteiger partial charge >= 0.3 is 0 Å². The first-order valence-electron chi connectivity index (χ1n) is 4.83. The van der Waals surface area contributed by atoms with Gasteiger partial charge in [0, 0.05) is 12.0 Å². The minimum absolute atomic E-state index is 0.0627. The summed E-state index contributed by atoms with van der Waals surface area (Å²) in [7, 11) is -1.87. The van der Waals surface area contributed by atoms with Crippen LogP contribution in [0.15, 0.2) is 28.5 Å². The van der Waals surface area contributed by atoms with Crippen LogP contribution >= 0.6 is 0 Å². The molecule has 0 spiro atoms. The molecule has 5 heteroatoms. The molecule has 1 aromatic rings. The molecule has 1 aliphatic heterocycles. The van der Waals surface area contributed by atoms with Gasteiger partial charge in [0.15, 0.2) is 0 Å². The molecular formula is C11H12O4S. The van der Waals surface area contributed by atoms with Gasteiger partial charge in [-0.15, -0.1) is 0 Å². The van der Waals surface area contributed by atoms with Crippen LogP contribution in [-0.2, 0) is 9.84 Å². The predicted molar refractivity (Wildman–Crippen MR) is 59.9 cm³/mol. The van der Waals surface area contributed by atoms with Gasteiger partial charge in [-0.25, -0.2) is 8.42 Å². The van der Waals surface area contributed by atoms with E-state index in [2.05, 4.69) is 0 Å². The number of aliphatic hydroxyl groups is 1. The smallest absolute Gasteiger partial charge is 0.200 e. The van der Waals surface area contributed by atoms with Crippen molar-refractivity contribution in [1.82, 2.24) is 0 Å². The Morgan fingerprint density at radius 3 is 2.75 bits per heavy atom. The third-order valence-electron chi connectivity index (χ3n) is 2.52. The second kappa shape index (κ2) is 3.92. The van der Waals surface area contributed by atoms with Crippen molar-refractivity contribution in [3.8, 4) is 5.75 Å². The standard InChI is InChI=1S/C11H12O4S/c1-15-9-2-3-10-8(4-5-12)7-16(13,14)11(10)6-9/h2-3,6-7,12H,4-5H2,1H3. The van der Waals surface area contributed by atoms with Gasteiger partial charge in [0.05, 0.1) is 12.0 Å². The van der Waals surface area contributed by atoms with E-state index in [9.17, 15) is 8.42 Å². The summed E-state index contributed by atoms with van der Waals surface area (Å²) in [6, 6.07) is 4.93. The Kier molecular flexibility index (Phi) is 2.73. The molecule has 0 saturated carbocycles. The van der Waals surface area contributed by atoms with E-state index in [4.69, 9.17) is 9.84 Å². The Morgan fingerprint density at radius 1 is 1.38 bits per heavy atom. The highest BCUT2D eigenvalue weighted by molar-refractivity contribution is 7.95. The van der Waals surface area contributed by atoms with Crippen LogP contribution in [0.3, 0.4) is 0 Å². The van der Waals surface area contributed by atoms with Gasteiger partial charge in [-0.1, -0.05) is 0 Å². The average molecular weight is 240 g/mol. The molecule has 1 aliphatic rings. The van der Waals surface area contributed by atoms with E-state index in [1.807, 2.05) is 0 Å². The number of ether oxygens (including phenoxy) is 1. The summed E-state index contributed by atoms with van der Waals surface area (Å²) in [5.74, 6) is 0.515. The summed E-state index contributed by atoms with van der Waals surface area (Å²) in [6.07, 6.45) is 0.346. The molecule has 0 amide bonds. The number of rotatable bonds is 3. The van der Waals surface area contributed by atoms with E-state index in [-0.39, 0.29) is 11.5 Å². The van der Waals surface area contributed by atoms with Crippen LogP contribution in [-0.4, -0.2) is 27.2 Å². The number of hydrogen-bond acceptors (Lipinski definition) is 4. The Morgan fingerprint density at radius 2 is 2.12 bits per heavy atom. The van der Waals surface area contributed by atoms with Crippen LogP contribution < -0.4 is 4.74 Å². The fourth-order valence-electron chi connectivity index (χ4n) is 1.76. The van der Waals surface area contributed by atoms with Crippen molar-refractivity contribution in [2.45, 2.75) is 11.3 Å². The maximum Gasteiger partial charge on any atom is 0.200 e. The molecule has 1 aromatic carbocycles. The van der Waals surface area contributed by atoms with Crippen molar-refractivity contribution in [3.05, 3.63) is 29.2 Å². The number of fused-ring (bicyclic) bond motifs is 1. The Bertz CT molecular complexity index is 543. The van der Waals surface area contributed by atoms with Crippen LogP contribution in [0, 0.1) is 0 Å². The second-order valence-corrected chi connectivity index (χ2v) is 5.29. The lowest BCUT2D eigenvalue weighted by Gasteiger charge is -2.05. The summed E-state index contributed by atoms with van der Waals surface area (Å²) < 4.78 is 28.6. The number of sulfone groups is 1. The van der Waals surface area contributed by atoms with Crippen molar-refractivity contribution in [2.24, 2.45) is 0 Å². The molecular weight excluding hydrogens is 228 g/mol. The number of aliphatic hydroxyl groups excluding tert-OH is 1. The third-order valence-corrected chi connectivity index (χ3v) is 4.07. The maximum absolute atomic E-state index is 11.8. The Balaban J connectivity index is 2.57. The van der Waals surface area contributed by atoms with Crippen LogP contribution in [0.25, 0.3) is 5.57 Å². The molecule has 0 aromatic heterocycles. The topological polar surface area (TPSA) is 63.6 Å². The molecule has 0 fully saturated rings. The summed E-state index contributed by atoms with van der Waals surface area (Å²) >= 11 is 0. The van der Waals surface area contributed by atoms with Crippen LogP contribution in [0.1, 0.15) is 12.0 Å². The van der Waals surface area contributed by atoms with E-state index in [1.165, 1.54) is 18.6 Å². The molecule has 0 radical (unpaired) electrons. The minimum Gasteiger partial charge on any atom is -0.497 e. The van der Waals surface area contributed by atoms with Gasteiger partial charge in [0.2, 0.25) is 9.84 Å². The van der Waals surface area contributed by atoms with E-state index in [0.717, 1.165) is 0 Å². The van der Waals surface area contributed by atoms with Crippen molar-refractivity contribution >= 4 is 15.4 Å². The molecule has 2 rings (SSSR count). The van der Waals surface area contributed by atoms with Crippen molar-refractivity contribution < 1.29 is 18.3 Å². The van der Waals surface area contributed by atoms with Gasteiger partial charge in [-0.2, -0.15) is 0 Å². The predicted octanol–water partition coefficient (Wildman–Crippen LogP) is 1.21. The minimum atomic E-state index is -3.36. The summed E-state index contributed by atoms with van der Waals surface area (Å²) in [5.41, 5.74) is 1.31. The molecule has 0 bridgehead atoms. The zero-order chi connectivity index (χ0) is 11.8. The van der Waals surface area contributed by atoms with Crippen LogP contribution in [0.2, 0.25) is 0 Å². The van der Waals surface area contributed by atoms with E-state index < -0.39 is 9.84 Å². The van der Waals surface area contributed by atoms with Crippen molar-refractivity contribution in [3.63, 3.8) is 0 Å². The van der Waals surface area contributed by atoms with Crippen molar-refractivity contribution in [1.29, 1.82) is 0 Å². The van der Waals surface area contributed by atoms with E-state index in [0.29, 0.717) is 23.3 Å². The fraction of sp³-hybridized carbons (Fsp3) is 0.273. The molecule has 4 nitrogen and oxygen atoms in total. The Labute approximate surface area is 94.1 Å². The SMILES string of the molecule is COc1ccc2c(c1)S(=O)(=O)C=C2CCO. The molecule has 16 heavy (non-hydrogen) atoms. The fourth-order valence-corrected chi connectivity index (χ4v) is 3.29. The van der Waals surface area contributed by atoms with Crippen LogP contribution in [0.5, 0.6) is 5.75 Å². The molecule has 1 heterocycles. The summed E-state index contributed by atoms with van der Waals surface area (Å²) in [4.78, 5) is 0.260. The largest absolute Gasteiger partial charge is 0.497 e. The lowest BCUT2D eigenvalue weighted by atomic mass is 10.1. The van der Waals surface area contributed by atoms with Gasteiger partial charge in [-0.05, 0) is 35.8 Å². The highest BCUT2D eigenvalue weighted by Crippen LogP contribution is 2.36.